The zero-order valence-electron chi connectivity index (χ0n) is 14.0. The van der Waals surface area contributed by atoms with Crippen molar-refractivity contribution in [2.24, 2.45) is 0 Å². The Hall–Kier alpha value is -2.11. The van der Waals surface area contributed by atoms with Crippen molar-refractivity contribution in [2.75, 3.05) is 0 Å². The molecule has 0 N–H and O–H groups in total. The molecule has 2 aromatic carbocycles. The molecular weight excluding hydrogens is 358 g/mol. The van der Waals surface area contributed by atoms with Crippen LogP contribution in [-0.4, -0.2) is 13.0 Å². The summed E-state index contributed by atoms with van der Waals surface area (Å²) >= 11 is 6.02. The Morgan fingerprint density at radius 1 is 1.08 bits per heavy atom. The van der Waals surface area contributed by atoms with Crippen molar-refractivity contribution in [3.05, 3.63) is 69.5 Å². The number of hydrogen-bond donors (Lipinski definition) is 0. The lowest BCUT2D eigenvalue weighted by Gasteiger charge is -2.13. The highest BCUT2D eigenvalue weighted by Crippen LogP contribution is 2.23. The summed E-state index contributed by atoms with van der Waals surface area (Å²) in [5.41, 5.74) is 1.11. The molecule has 0 atom stereocenters. The summed E-state index contributed by atoms with van der Waals surface area (Å²) in [6, 6.07) is 11.5. The lowest BCUT2D eigenvalue weighted by atomic mass is 10.2. The van der Waals surface area contributed by atoms with Crippen molar-refractivity contribution in [3.8, 4) is 0 Å². The first kappa shape index (κ1) is 17.7. The van der Waals surface area contributed by atoms with E-state index in [1.165, 1.54) is 24.4 Å². The van der Waals surface area contributed by atoms with Gasteiger partial charge >= 0.3 is 0 Å². The molecule has 0 radical (unpaired) electrons. The highest BCUT2D eigenvalue weighted by molar-refractivity contribution is 7.91. The molecule has 0 amide bonds. The molecule has 6 heteroatoms. The third kappa shape index (κ3) is 3.22. The topological polar surface area (TPSA) is 56.1 Å². The third-order valence-electron chi connectivity index (χ3n) is 4.09. The van der Waals surface area contributed by atoms with Gasteiger partial charge in [0.2, 0.25) is 15.3 Å². The minimum absolute atomic E-state index is 0.111. The number of benzene rings is 2. The SMILES string of the molecule is CCCn1cc(S(=O)(=O)c2ccc(C)cc2)c(=O)c2cc(Cl)ccc21. The number of nitrogens with zero attached hydrogens (tertiary/aromatic N) is 1. The Balaban J connectivity index is 2.34. The monoisotopic (exact) mass is 375 g/mol. The van der Waals surface area contributed by atoms with Gasteiger partial charge in [-0.3, -0.25) is 4.79 Å². The zero-order valence-corrected chi connectivity index (χ0v) is 15.6. The predicted molar refractivity (Wildman–Crippen MR) is 100 cm³/mol. The van der Waals surface area contributed by atoms with Crippen molar-refractivity contribution in [1.29, 1.82) is 0 Å². The van der Waals surface area contributed by atoms with Gasteiger partial charge in [-0.25, -0.2) is 8.42 Å². The Morgan fingerprint density at radius 3 is 2.40 bits per heavy atom. The standard InChI is InChI=1S/C19H18ClNO3S/c1-3-10-21-12-18(19(22)16-11-14(20)6-9-17(16)21)25(23,24)15-7-4-13(2)5-8-15/h4-9,11-12H,3,10H2,1-2H3. The fraction of sp³-hybridized carbons (Fsp3) is 0.211. The van der Waals surface area contributed by atoms with Crippen LogP contribution >= 0.6 is 11.6 Å². The molecule has 3 aromatic rings. The smallest absolute Gasteiger partial charge is 0.211 e. The van der Waals surface area contributed by atoms with Crippen molar-refractivity contribution in [3.63, 3.8) is 0 Å². The minimum atomic E-state index is -3.91. The average Bonchev–Trinajstić information content (AvgIpc) is 2.58. The van der Waals surface area contributed by atoms with E-state index in [0.29, 0.717) is 22.5 Å². The van der Waals surface area contributed by atoms with E-state index in [9.17, 15) is 13.2 Å². The summed E-state index contributed by atoms with van der Waals surface area (Å²) in [5.74, 6) is 0. The van der Waals surface area contributed by atoms with Crippen LogP contribution in [0, 0.1) is 6.92 Å². The molecule has 0 aliphatic heterocycles. The summed E-state index contributed by atoms with van der Waals surface area (Å²) in [5, 5.41) is 0.715. The number of rotatable bonds is 4. The lowest BCUT2D eigenvalue weighted by molar-refractivity contribution is 0.592. The van der Waals surface area contributed by atoms with Crippen LogP contribution in [0.2, 0.25) is 5.02 Å². The van der Waals surface area contributed by atoms with Crippen molar-refractivity contribution >= 4 is 32.3 Å². The van der Waals surface area contributed by atoms with E-state index in [4.69, 9.17) is 11.6 Å². The Labute approximate surface area is 151 Å². The van der Waals surface area contributed by atoms with Gasteiger partial charge in [0.15, 0.2) is 0 Å². The third-order valence-corrected chi connectivity index (χ3v) is 6.09. The van der Waals surface area contributed by atoms with E-state index >= 15 is 0 Å². The fourth-order valence-corrected chi connectivity index (χ4v) is 4.35. The van der Waals surface area contributed by atoms with Crippen molar-refractivity contribution in [1.82, 2.24) is 4.57 Å². The molecule has 0 unspecified atom stereocenters. The first-order valence-electron chi connectivity index (χ1n) is 7.99. The van der Waals surface area contributed by atoms with Gasteiger partial charge in [-0.05, 0) is 43.7 Å². The van der Waals surface area contributed by atoms with Crippen LogP contribution in [0.3, 0.4) is 0 Å². The van der Waals surface area contributed by atoms with Gasteiger partial charge in [-0.15, -0.1) is 0 Å². The predicted octanol–water partition coefficient (Wildman–Crippen LogP) is 4.21. The van der Waals surface area contributed by atoms with Gasteiger partial charge in [0.1, 0.15) is 4.90 Å². The summed E-state index contributed by atoms with van der Waals surface area (Å²) in [7, 11) is -3.91. The molecule has 0 aliphatic rings. The first-order valence-corrected chi connectivity index (χ1v) is 9.85. The molecule has 0 fully saturated rings. The van der Waals surface area contributed by atoms with Gasteiger partial charge in [0.25, 0.3) is 0 Å². The fourth-order valence-electron chi connectivity index (χ4n) is 2.80. The quantitative estimate of drug-likeness (QED) is 0.686. The van der Waals surface area contributed by atoms with E-state index < -0.39 is 15.3 Å². The first-order chi connectivity index (χ1) is 11.8. The second kappa shape index (κ2) is 6.65. The molecule has 130 valence electrons. The highest BCUT2D eigenvalue weighted by Gasteiger charge is 2.23. The second-order valence-corrected chi connectivity index (χ2v) is 8.35. The molecule has 4 nitrogen and oxygen atoms in total. The molecule has 0 bridgehead atoms. The Bertz CT molecular complexity index is 1100. The molecule has 0 saturated carbocycles. The van der Waals surface area contributed by atoms with E-state index in [1.807, 2.05) is 13.8 Å². The average molecular weight is 376 g/mol. The number of fused-ring (bicyclic) bond motifs is 1. The van der Waals surface area contributed by atoms with Crippen LogP contribution in [0.5, 0.6) is 0 Å². The van der Waals surface area contributed by atoms with Crippen LogP contribution in [0.25, 0.3) is 10.9 Å². The summed E-state index contributed by atoms with van der Waals surface area (Å²) in [6.07, 6.45) is 2.25. The van der Waals surface area contributed by atoms with E-state index in [1.54, 1.807) is 28.8 Å². The lowest BCUT2D eigenvalue weighted by Crippen LogP contribution is -2.19. The zero-order chi connectivity index (χ0) is 18.2. The van der Waals surface area contributed by atoms with Gasteiger partial charge < -0.3 is 4.57 Å². The Morgan fingerprint density at radius 2 is 1.76 bits per heavy atom. The maximum Gasteiger partial charge on any atom is 0.211 e. The van der Waals surface area contributed by atoms with Crippen LogP contribution in [0.1, 0.15) is 18.9 Å². The molecule has 25 heavy (non-hydrogen) atoms. The molecule has 1 heterocycles. The van der Waals surface area contributed by atoms with Crippen LogP contribution in [0.15, 0.2) is 63.2 Å². The molecule has 1 aromatic heterocycles. The maximum absolute atomic E-state index is 13.0. The molecule has 0 aliphatic carbocycles. The minimum Gasteiger partial charge on any atom is -0.346 e. The summed E-state index contributed by atoms with van der Waals surface area (Å²) in [4.78, 5) is 12.8. The van der Waals surface area contributed by atoms with Gasteiger partial charge in [0, 0.05) is 23.2 Å². The maximum atomic E-state index is 13.0. The Kier molecular flexibility index (Phi) is 4.71. The number of aromatic nitrogens is 1. The molecule has 3 rings (SSSR count). The van der Waals surface area contributed by atoms with E-state index in [0.717, 1.165) is 12.0 Å². The number of aryl methyl sites for hydroxylation is 2. The van der Waals surface area contributed by atoms with Gasteiger partial charge in [-0.2, -0.15) is 0 Å². The molecular formula is C19H18ClNO3S. The van der Waals surface area contributed by atoms with E-state index in [-0.39, 0.29) is 9.79 Å². The van der Waals surface area contributed by atoms with Crippen LogP contribution in [0.4, 0.5) is 0 Å². The largest absolute Gasteiger partial charge is 0.346 e. The highest BCUT2D eigenvalue weighted by atomic mass is 35.5. The summed E-state index contributed by atoms with van der Waals surface area (Å²) < 4.78 is 27.8. The molecule has 0 spiro atoms. The van der Waals surface area contributed by atoms with Gasteiger partial charge in [0.05, 0.1) is 10.4 Å². The number of sulfone groups is 1. The van der Waals surface area contributed by atoms with Crippen LogP contribution < -0.4 is 5.43 Å². The number of halogens is 1. The molecule has 0 saturated heterocycles. The second-order valence-electron chi connectivity index (χ2n) is 5.99. The van der Waals surface area contributed by atoms with Crippen LogP contribution in [-0.2, 0) is 16.4 Å². The number of hydrogen-bond acceptors (Lipinski definition) is 3. The van der Waals surface area contributed by atoms with Crippen molar-refractivity contribution in [2.45, 2.75) is 36.6 Å². The normalized spacial score (nSPS) is 11.8. The number of pyridine rings is 1. The summed E-state index contributed by atoms with van der Waals surface area (Å²) in [6.45, 7) is 4.48. The van der Waals surface area contributed by atoms with E-state index in [2.05, 4.69) is 0 Å². The van der Waals surface area contributed by atoms with Gasteiger partial charge in [-0.1, -0.05) is 36.2 Å². The van der Waals surface area contributed by atoms with Crippen molar-refractivity contribution < 1.29 is 8.42 Å².